The third-order valence-corrected chi connectivity index (χ3v) is 7.05. The number of fused-ring (bicyclic) bond motifs is 2. The highest BCUT2D eigenvalue weighted by Crippen LogP contribution is 2.38. The van der Waals surface area contributed by atoms with Crippen LogP contribution in [0.15, 0.2) is 36.4 Å². The van der Waals surface area contributed by atoms with Gasteiger partial charge in [-0.25, -0.2) is 0 Å². The smallest absolute Gasteiger partial charge is 0.320 e. The highest BCUT2D eigenvalue weighted by Gasteiger charge is 2.40. The van der Waals surface area contributed by atoms with E-state index < -0.39 is 17.9 Å². The molecule has 3 aromatic rings. The molecular weight excluding hydrogens is 464 g/mol. The molecule has 174 valence electrons. The van der Waals surface area contributed by atoms with Gasteiger partial charge in [0.15, 0.2) is 5.92 Å². The summed E-state index contributed by atoms with van der Waals surface area (Å²) in [5, 5.41) is 3.98. The monoisotopic (exact) mass is 488 g/mol. The Balaban J connectivity index is 1.58. The molecule has 1 unspecified atom stereocenters. The lowest BCUT2D eigenvalue weighted by Crippen LogP contribution is -2.40. The number of amides is 1. The standard InChI is InChI=1S/C24H25ClN2O5S/c1-3-31-23(29)17(24(30)32-4-2)12-16-15-8-6-5-7-13(15)9-18(16)26-21(28)19-10-14-11-20(25)33-22(14)27-19/h5-8,10-11,16-18,27H,3-4,9,12H2,1-2H3,(H,26,28)/t16-,18?/m1/s1. The van der Waals surface area contributed by atoms with Gasteiger partial charge in [0.2, 0.25) is 0 Å². The fourth-order valence-corrected chi connectivity index (χ4v) is 5.54. The first-order valence-corrected chi connectivity index (χ1v) is 12.1. The molecular formula is C24H25ClN2O5S. The molecule has 0 saturated carbocycles. The van der Waals surface area contributed by atoms with Crippen LogP contribution in [0, 0.1) is 5.92 Å². The highest BCUT2D eigenvalue weighted by molar-refractivity contribution is 7.22. The number of ether oxygens (including phenoxy) is 2. The Morgan fingerprint density at radius 3 is 2.52 bits per heavy atom. The van der Waals surface area contributed by atoms with E-state index in [4.69, 9.17) is 21.1 Å². The quantitative estimate of drug-likeness (QED) is 0.360. The number of carbonyl (C=O) groups is 3. The molecule has 1 aromatic carbocycles. The van der Waals surface area contributed by atoms with E-state index in [1.165, 1.54) is 11.3 Å². The van der Waals surface area contributed by atoms with Gasteiger partial charge in [0.1, 0.15) is 10.5 Å². The molecule has 0 radical (unpaired) electrons. The van der Waals surface area contributed by atoms with Crippen molar-refractivity contribution in [2.45, 2.75) is 38.6 Å². The molecule has 7 nitrogen and oxygen atoms in total. The molecule has 0 bridgehead atoms. The van der Waals surface area contributed by atoms with Crippen molar-refractivity contribution in [1.29, 1.82) is 0 Å². The van der Waals surface area contributed by atoms with Gasteiger partial charge >= 0.3 is 11.9 Å². The number of rotatable bonds is 8. The van der Waals surface area contributed by atoms with Gasteiger partial charge in [-0.05, 0) is 49.9 Å². The first-order chi connectivity index (χ1) is 15.9. The Labute approximate surface area is 200 Å². The van der Waals surface area contributed by atoms with Gasteiger partial charge in [0.05, 0.1) is 17.6 Å². The molecule has 1 amide bonds. The predicted molar refractivity (Wildman–Crippen MR) is 127 cm³/mol. The van der Waals surface area contributed by atoms with Crippen molar-refractivity contribution in [3.05, 3.63) is 57.6 Å². The van der Waals surface area contributed by atoms with Crippen LogP contribution in [0.3, 0.4) is 0 Å². The molecule has 2 aromatic heterocycles. The Morgan fingerprint density at radius 2 is 1.85 bits per heavy atom. The average Bonchev–Trinajstić information content (AvgIpc) is 3.43. The number of esters is 2. The number of thiophene rings is 1. The van der Waals surface area contributed by atoms with Crippen LogP contribution in [0.5, 0.6) is 0 Å². The van der Waals surface area contributed by atoms with E-state index in [1.54, 1.807) is 19.9 Å². The largest absolute Gasteiger partial charge is 0.465 e. The normalized spacial score (nSPS) is 17.2. The first kappa shape index (κ1) is 23.3. The van der Waals surface area contributed by atoms with Crippen LogP contribution in [0.2, 0.25) is 4.34 Å². The van der Waals surface area contributed by atoms with E-state index >= 15 is 0 Å². The molecule has 4 rings (SSSR count). The first-order valence-electron chi connectivity index (χ1n) is 10.9. The third kappa shape index (κ3) is 4.91. The molecule has 2 heterocycles. The van der Waals surface area contributed by atoms with Crippen LogP contribution in [0.1, 0.15) is 47.8 Å². The van der Waals surface area contributed by atoms with Crippen molar-refractivity contribution in [3.8, 4) is 0 Å². The minimum Gasteiger partial charge on any atom is -0.465 e. The zero-order valence-electron chi connectivity index (χ0n) is 18.4. The van der Waals surface area contributed by atoms with Gasteiger partial charge in [0, 0.05) is 17.3 Å². The van der Waals surface area contributed by atoms with Crippen molar-refractivity contribution in [2.24, 2.45) is 5.92 Å². The van der Waals surface area contributed by atoms with E-state index in [0.29, 0.717) is 16.5 Å². The van der Waals surface area contributed by atoms with Gasteiger partial charge in [0.25, 0.3) is 5.91 Å². The second-order valence-electron chi connectivity index (χ2n) is 7.90. The summed E-state index contributed by atoms with van der Waals surface area (Å²) in [5.74, 6) is -2.76. The highest BCUT2D eigenvalue weighted by atomic mass is 35.5. The summed E-state index contributed by atoms with van der Waals surface area (Å²) in [7, 11) is 0. The van der Waals surface area contributed by atoms with E-state index in [2.05, 4.69) is 10.3 Å². The fraction of sp³-hybridized carbons (Fsp3) is 0.375. The summed E-state index contributed by atoms with van der Waals surface area (Å²) >= 11 is 7.41. The Bertz CT molecular complexity index is 1140. The Kier molecular flexibility index (Phi) is 7.05. The maximum atomic E-state index is 13.1. The average molecular weight is 489 g/mol. The maximum absolute atomic E-state index is 13.1. The van der Waals surface area contributed by atoms with E-state index in [9.17, 15) is 14.4 Å². The summed E-state index contributed by atoms with van der Waals surface area (Å²) in [6.45, 7) is 3.74. The van der Waals surface area contributed by atoms with E-state index in [1.807, 2.05) is 30.3 Å². The second-order valence-corrected chi connectivity index (χ2v) is 9.58. The van der Waals surface area contributed by atoms with Crippen LogP contribution < -0.4 is 5.32 Å². The fourth-order valence-electron chi connectivity index (χ4n) is 4.41. The summed E-state index contributed by atoms with van der Waals surface area (Å²) in [5.41, 5.74) is 2.54. The van der Waals surface area contributed by atoms with Crippen molar-refractivity contribution >= 4 is 51.0 Å². The molecule has 1 aliphatic carbocycles. The molecule has 0 fully saturated rings. The molecule has 2 atom stereocenters. The summed E-state index contributed by atoms with van der Waals surface area (Å²) in [6, 6.07) is 11.1. The lowest BCUT2D eigenvalue weighted by atomic mass is 9.87. The van der Waals surface area contributed by atoms with Gasteiger partial charge < -0.3 is 19.8 Å². The van der Waals surface area contributed by atoms with Crippen molar-refractivity contribution < 1.29 is 23.9 Å². The van der Waals surface area contributed by atoms with Crippen LogP contribution >= 0.6 is 22.9 Å². The van der Waals surface area contributed by atoms with Gasteiger partial charge in [-0.1, -0.05) is 35.9 Å². The number of aromatic amines is 1. The van der Waals surface area contributed by atoms with Gasteiger partial charge in [-0.3, -0.25) is 14.4 Å². The minimum atomic E-state index is -1.06. The summed E-state index contributed by atoms with van der Waals surface area (Å²) < 4.78 is 10.9. The molecule has 9 heteroatoms. The summed E-state index contributed by atoms with van der Waals surface area (Å²) in [6.07, 6.45) is 0.793. The zero-order valence-corrected chi connectivity index (χ0v) is 19.9. The van der Waals surface area contributed by atoms with E-state index in [-0.39, 0.29) is 37.5 Å². The molecule has 2 N–H and O–H groups in total. The number of carbonyl (C=O) groups excluding carboxylic acids is 3. The van der Waals surface area contributed by atoms with Crippen LogP contribution in [-0.2, 0) is 25.5 Å². The molecule has 1 aliphatic rings. The number of hydrogen-bond donors (Lipinski definition) is 2. The Morgan fingerprint density at radius 1 is 1.15 bits per heavy atom. The van der Waals surface area contributed by atoms with Crippen molar-refractivity contribution in [2.75, 3.05) is 13.2 Å². The minimum absolute atomic E-state index is 0.171. The number of halogens is 1. The molecule has 0 aliphatic heterocycles. The second kappa shape index (κ2) is 9.97. The van der Waals surface area contributed by atoms with Crippen molar-refractivity contribution in [1.82, 2.24) is 10.3 Å². The van der Waals surface area contributed by atoms with Crippen LogP contribution in [-0.4, -0.2) is 42.1 Å². The Hall–Kier alpha value is -2.84. The molecule has 0 saturated heterocycles. The summed E-state index contributed by atoms with van der Waals surface area (Å²) in [4.78, 5) is 42.2. The molecule has 33 heavy (non-hydrogen) atoms. The number of aromatic nitrogens is 1. The van der Waals surface area contributed by atoms with Crippen LogP contribution in [0.25, 0.3) is 10.2 Å². The third-order valence-electron chi connectivity index (χ3n) is 5.85. The lowest BCUT2D eigenvalue weighted by molar-refractivity contribution is -0.162. The predicted octanol–water partition coefficient (Wildman–Crippen LogP) is 4.45. The number of hydrogen-bond acceptors (Lipinski definition) is 6. The van der Waals surface area contributed by atoms with E-state index in [0.717, 1.165) is 21.3 Å². The van der Waals surface area contributed by atoms with Crippen LogP contribution in [0.4, 0.5) is 0 Å². The topological polar surface area (TPSA) is 97.5 Å². The number of benzene rings is 1. The maximum Gasteiger partial charge on any atom is 0.320 e. The number of H-pyrrole nitrogens is 1. The number of nitrogens with one attached hydrogen (secondary N) is 2. The zero-order chi connectivity index (χ0) is 23.5. The lowest BCUT2D eigenvalue weighted by Gasteiger charge is -2.25. The van der Waals surface area contributed by atoms with Gasteiger partial charge in [-0.15, -0.1) is 11.3 Å². The SMILES string of the molecule is CCOC(=O)C(C[C@@H]1c2ccccc2CC1NC(=O)c1cc2cc(Cl)sc2[nH]1)C(=O)OCC. The van der Waals surface area contributed by atoms with Gasteiger partial charge in [-0.2, -0.15) is 0 Å². The van der Waals surface area contributed by atoms with Crippen molar-refractivity contribution in [3.63, 3.8) is 0 Å². The molecule has 0 spiro atoms.